The summed E-state index contributed by atoms with van der Waals surface area (Å²) in [6.45, 7) is 8.07. The van der Waals surface area contributed by atoms with E-state index in [-0.39, 0.29) is 35.6 Å². The van der Waals surface area contributed by atoms with E-state index in [4.69, 9.17) is 5.11 Å². The summed E-state index contributed by atoms with van der Waals surface area (Å²) in [5.41, 5.74) is 2.00. The summed E-state index contributed by atoms with van der Waals surface area (Å²) in [4.78, 5) is 10.7. The quantitative estimate of drug-likeness (QED) is 0.637. The van der Waals surface area contributed by atoms with E-state index in [0.717, 1.165) is 11.1 Å². The summed E-state index contributed by atoms with van der Waals surface area (Å²) in [5, 5.41) is 15.3. The second kappa shape index (κ2) is 12.3. The second-order valence-electron chi connectivity index (χ2n) is 6.89. The molecule has 4 nitrogen and oxygen atoms in total. The third-order valence-corrected chi connectivity index (χ3v) is 4.12. The maximum Gasteiger partial charge on any atom is 0.143 e. The number of aliphatic hydroxyl groups excluding tert-OH is 1. The van der Waals surface area contributed by atoms with E-state index in [1.807, 2.05) is 13.8 Å². The Bertz CT molecular complexity index is 703. The van der Waals surface area contributed by atoms with Gasteiger partial charge in [0.15, 0.2) is 0 Å². The molecule has 0 fully saturated rings. The fourth-order valence-electron chi connectivity index (χ4n) is 2.38. The highest BCUT2D eigenvalue weighted by atomic mass is 19.1. The molecule has 2 rings (SSSR count). The number of ketones is 1. The molecule has 1 unspecified atom stereocenters. The van der Waals surface area contributed by atoms with Crippen LogP contribution >= 0.6 is 0 Å². The molecule has 2 aromatic rings. The van der Waals surface area contributed by atoms with Crippen molar-refractivity contribution >= 4 is 5.78 Å². The highest BCUT2D eigenvalue weighted by molar-refractivity contribution is 5.77. The minimum atomic E-state index is -0.363. The van der Waals surface area contributed by atoms with Crippen LogP contribution in [0.3, 0.4) is 0 Å². The number of rotatable bonds is 8. The Morgan fingerprint density at radius 3 is 1.61 bits per heavy atom. The predicted molar refractivity (Wildman–Crippen MR) is 108 cm³/mol. The molecule has 0 spiro atoms. The van der Waals surface area contributed by atoms with Crippen molar-refractivity contribution in [3.63, 3.8) is 0 Å². The summed E-state index contributed by atoms with van der Waals surface area (Å²) in [7, 11) is 0. The lowest BCUT2D eigenvalue weighted by Crippen LogP contribution is -2.27. The zero-order valence-electron chi connectivity index (χ0n) is 16.9. The molecule has 0 radical (unpaired) electrons. The molecule has 0 heterocycles. The van der Waals surface area contributed by atoms with Gasteiger partial charge < -0.3 is 15.7 Å². The second-order valence-corrected chi connectivity index (χ2v) is 6.89. The standard InChI is InChI=1S/C11H16FNO.C11H14FNO/c2*1-8(14)7-13-9(2)10-3-5-11(12)6-4-10/h3-6,8-9,13-14H,7H2,1-2H3;3-6,9,13H,7H2,1-2H3/t8?,9-;9-/m00/s1. The normalized spacial score (nSPS) is 13.8. The molecule has 0 aliphatic carbocycles. The third-order valence-electron chi connectivity index (χ3n) is 4.12. The first kappa shape index (κ1) is 23.9. The maximum atomic E-state index is 12.6. The van der Waals surface area contributed by atoms with Gasteiger partial charge in [0.1, 0.15) is 17.4 Å². The highest BCUT2D eigenvalue weighted by Gasteiger charge is 2.06. The zero-order valence-corrected chi connectivity index (χ0v) is 16.9. The van der Waals surface area contributed by atoms with Gasteiger partial charge in [0.05, 0.1) is 12.6 Å². The van der Waals surface area contributed by atoms with Crippen LogP contribution in [-0.2, 0) is 4.79 Å². The Kier molecular flexibility index (Phi) is 10.5. The number of halogens is 2. The number of hydrogen-bond acceptors (Lipinski definition) is 4. The smallest absolute Gasteiger partial charge is 0.143 e. The van der Waals surface area contributed by atoms with Crippen molar-refractivity contribution in [2.75, 3.05) is 13.1 Å². The predicted octanol–water partition coefficient (Wildman–Crippen LogP) is 3.92. The van der Waals surface area contributed by atoms with E-state index in [0.29, 0.717) is 13.1 Å². The molecule has 28 heavy (non-hydrogen) atoms. The molecule has 0 saturated heterocycles. The van der Waals surface area contributed by atoms with Gasteiger partial charge in [-0.15, -0.1) is 0 Å². The van der Waals surface area contributed by atoms with Crippen LogP contribution in [0.1, 0.15) is 50.9 Å². The van der Waals surface area contributed by atoms with Crippen molar-refractivity contribution in [2.24, 2.45) is 0 Å². The van der Waals surface area contributed by atoms with Gasteiger partial charge >= 0.3 is 0 Å². The van der Waals surface area contributed by atoms with Gasteiger partial charge in [0.2, 0.25) is 0 Å². The lowest BCUT2D eigenvalue weighted by Gasteiger charge is -2.15. The summed E-state index contributed by atoms with van der Waals surface area (Å²) < 4.78 is 25.2. The van der Waals surface area contributed by atoms with Crippen LogP contribution in [0.4, 0.5) is 8.78 Å². The van der Waals surface area contributed by atoms with E-state index >= 15 is 0 Å². The number of Topliss-reactive ketones (excluding diaryl/α,β-unsaturated/α-hetero) is 1. The van der Waals surface area contributed by atoms with Crippen LogP contribution < -0.4 is 10.6 Å². The lowest BCUT2D eigenvalue weighted by molar-refractivity contribution is -0.116. The van der Waals surface area contributed by atoms with E-state index in [1.54, 1.807) is 31.2 Å². The molecule has 0 aliphatic rings. The number of benzene rings is 2. The van der Waals surface area contributed by atoms with Crippen molar-refractivity contribution in [2.45, 2.75) is 45.9 Å². The average Bonchev–Trinajstić information content (AvgIpc) is 2.65. The molecule has 3 N–H and O–H groups in total. The van der Waals surface area contributed by atoms with Crippen molar-refractivity contribution in [1.82, 2.24) is 10.6 Å². The largest absolute Gasteiger partial charge is 0.392 e. The molecule has 0 bridgehead atoms. The first-order valence-electron chi connectivity index (χ1n) is 9.34. The minimum Gasteiger partial charge on any atom is -0.392 e. The Morgan fingerprint density at radius 1 is 0.857 bits per heavy atom. The first-order chi connectivity index (χ1) is 13.2. The molecular weight excluding hydrogens is 362 g/mol. The van der Waals surface area contributed by atoms with Crippen LogP contribution in [0, 0.1) is 11.6 Å². The monoisotopic (exact) mass is 392 g/mol. The summed E-state index contributed by atoms with van der Waals surface area (Å²) in [6, 6.07) is 12.8. The van der Waals surface area contributed by atoms with Crippen LogP contribution in [0.15, 0.2) is 48.5 Å². The summed E-state index contributed by atoms with van der Waals surface area (Å²) in [5.74, 6) is -0.372. The van der Waals surface area contributed by atoms with Crippen molar-refractivity contribution < 1.29 is 18.7 Å². The van der Waals surface area contributed by atoms with Crippen molar-refractivity contribution in [3.8, 4) is 0 Å². The van der Waals surface area contributed by atoms with E-state index in [2.05, 4.69) is 10.6 Å². The third kappa shape index (κ3) is 9.69. The molecule has 0 amide bonds. The first-order valence-corrected chi connectivity index (χ1v) is 9.34. The Morgan fingerprint density at radius 2 is 1.25 bits per heavy atom. The highest BCUT2D eigenvalue weighted by Crippen LogP contribution is 2.13. The lowest BCUT2D eigenvalue weighted by atomic mass is 10.1. The van der Waals surface area contributed by atoms with Gasteiger partial charge in [-0.1, -0.05) is 24.3 Å². The average molecular weight is 392 g/mol. The van der Waals surface area contributed by atoms with Crippen LogP contribution in [-0.4, -0.2) is 30.1 Å². The van der Waals surface area contributed by atoms with Gasteiger partial charge in [-0.3, -0.25) is 4.79 Å². The van der Waals surface area contributed by atoms with E-state index in [9.17, 15) is 13.6 Å². The van der Waals surface area contributed by atoms with Gasteiger partial charge in [-0.05, 0) is 63.1 Å². The molecule has 0 aromatic heterocycles. The van der Waals surface area contributed by atoms with Gasteiger partial charge in [0, 0.05) is 18.6 Å². The molecule has 0 saturated carbocycles. The number of nitrogens with one attached hydrogen (secondary N) is 2. The van der Waals surface area contributed by atoms with Gasteiger partial charge in [-0.2, -0.15) is 0 Å². The van der Waals surface area contributed by atoms with Gasteiger partial charge in [-0.25, -0.2) is 8.78 Å². The molecule has 3 atom stereocenters. The van der Waals surface area contributed by atoms with Crippen LogP contribution in [0.2, 0.25) is 0 Å². The van der Waals surface area contributed by atoms with Crippen molar-refractivity contribution in [3.05, 3.63) is 71.3 Å². The minimum absolute atomic E-state index is 0.0690. The Hall–Kier alpha value is -2.15. The molecule has 154 valence electrons. The fourth-order valence-corrected chi connectivity index (χ4v) is 2.38. The summed E-state index contributed by atoms with van der Waals surface area (Å²) in [6.07, 6.45) is -0.363. The number of carbonyl (C=O) groups is 1. The topological polar surface area (TPSA) is 61.4 Å². The Labute approximate surface area is 166 Å². The molecule has 2 aromatic carbocycles. The number of aliphatic hydroxyl groups is 1. The van der Waals surface area contributed by atoms with Crippen molar-refractivity contribution in [1.29, 1.82) is 0 Å². The van der Waals surface area contributed by atoms with Crippen LogP contribution in [0.25, 0.3) is 0 Å². The SMILES string of the molecule is CC(=O)CN[C@@H](C)c1ccc(F)cc1.CC(O)CN[C@@H](C)c1ccc(F)cc1. The molecule has 6 heteroatoms. The number of carbonyl (C=O) groups excluding carboxylic acids is 1. The number of hydrogen-bond donors (Lipinski definition) is 3. The van der Waals surface area contributed by atoms with Gasteiger partial charge in [0.25, 0.3) is 0 Å². The molecule has 0 aliphatic heterocycles. The Balaban J connectivity index is 0.000000280. The molecular formula is C22H30F2N2O2. The van der Waals surface area contributed by atoms with Crippen LogP contribution in [0.5, 0.6) is 0 Å². The van der Waals surface area contributed by atoms with E-state index in [1.165, 1.54) is 31.2 Å². The zero-order chi connectivity index (χ0) is 21.1. The summed E-state index contributed by atoms with van der Waals surface area (Å²) >= 11 is 0. The maximum absolute atomic E-state index is 12.6. The van der Waals surface area contributed by atoms with E-state index < -0.39 is 0 Å². The fraction of sp³-hybridized carbons (Fsp3) is 0.409.